The van der Waals surface area contributed by atoms with Gasteiger partial charge in [0, 0.05) is 18.1 Å². The van der Waals surface area contributed by atoms with Crippen molar-refractivity contribution in [2.24, 2.45) is 0 Å². The second-order valence-electron chi connectivity index (χ2n) is 6.66. The first kappa shape index (κ1) is 15.3. The highest BCUT2D eigenvalue weighted by atomic mass is 15.2. The Morgan fingerprint density at radius 3 is 2.16 bits per heavy atom. The lowest BCUT2D eigenvalue weighted by molar-refractivity contribution is 0.0829. The van der Waals surface area contributed by atoms with Crippen LogP contribution >= 0.6 is 0 Å². The maximum Gasteiger partial charge on any atom is 0.0119 e. The molecule has 0 bridgehead atoms. The number of nitrogens with zero attached hydrogens (tertiary/aromatic N) is 2. The molecule has 0 atom stereocenters. The average Bonchev–Trinajstić information content (AvgIpc) is 2.46. The summed E-state index contributed by atoms with van der Waals surface area (Å²) in [6.45, 7) is 6.01. The van der Waals surface area contributed by atoms with Gasteiger partial charge in [0.1, 0.15) is 0 Å². The normalized spacial score (nSPS) is 30.9. The summed E-state index contributed by atoms with van der Waals surface area (Å²) >= 11 is 0. The minimum Gasteiger partial charge on any atom is -0.314 e. The van der Waals surface area contributed by atoms with E-state index in [-0.39, 0.29) is 0 Å². The molecule has 0 aromatic heterocycles. The molecule has 0 spiro atoms. The Hall–Kier alpha value is -0.120. The molecule has 3 nitrogen and oxygen atoms in total. The summed E-state index contributed by atoms with van der Waals surface area (Å²) in [5.74, 6) is 0. The molecule has 0 unspecified atom stereocenters. The van der Waals surface area contributed by atoms with Crippen LogP contribution in [0.5, 0.6) is 0 Å². The average molecular weight is 267 g/mol. The fraction of sp³-hybridized carbons (Fsp3) is 1.00. The lowest BCUT2D eigenvalue weighted by Crippen LogP contribution is -2.48. The molecular formula is C16H33N3. The van der Waals surface area contributed by atoms with Crippen molar-refractivity contribution < 1.29 is 0 Å². The van der Waals surface area contributed by atoms with Crippen molar-refractivity contribution in [2.45, 2.75) is 70.0 Å². The van der Waals surface area contributed by atoms with Crippen LogP contribution in [0.15, 0.2) is 0 Å². The molecule has 0 aromatic carbocycles. The predicted molar refractivity (Wildman–Crippen MR) is 82.6 cm³/mol. The summed E-state index contributed by atoms with van der Waals surface area (Å²) in [5.41, 5.74) is 0. The minimum absolute atomic E-state index is 0.794. The van der Waals surface area contributed by atoms with Crippen molar-refractivity contribution in [1.82, 2.24) is 15.1 Å². The van der Waals surface area contributed by atoms with Crippen LogP contribution in [0.4, 0.5) is 0 Å². The summed E-state index contributed by atoms with van der Waals surface area (Å²) in [5, 5.41) is 3.69. The van der Waals surface area contributed by atoms with Gasteiger partial charge in [-0.15, -0.1) is 0 Å². The molecule has 19 heavy (non-hydrogen) atoms. The van der Waals surface area contributed by atoms with Crippen LogP contribution in [0.1, 0.15) is 51.9 Å². The van der Waals surface area contributed by atoms with Gasteiger partial charge in [-0.05, 0) is 78.7 Å². The maximum absolute atomic E-state index is 3.69. The van der Waals surface area contributed by atoms with Gasteiger partial charge < -0.3 is 15.1 Å². The van der Waals surface area contributed by atoms with Crippen LogP contribution in [-0.2, 0) is 0 Å². The number of nitrogens with one attached hydrogen (secondary N) is 1. The lowest BCUT2D eigenvalue weighted by Gasteiger charge is -2.42. The zero-order chi connectivity index (χ0) is 13.7. The molecule has 0 radical (unpaired) electrons. The number of likely N-dealkylation sites (tertiary alicyclic amines) is 1. The highest BCUT2D eigenvalue weighted by Gasteiger charge is 2.29. The Balaban J connectivity index is 1.71. The third-order valence-corrected chi connectivity index (χ3v) is 5.22. The summed E-state index contributed by atoms with van der Waals surface area (Å²) in [6, 6.07) is 2.47. The van der Waals surface area contributed by atoms with E-state index in [0.717, 1.165) is 18.1 Å². The molecule has 1 saturated heterocycles. The SMILES string of the molecule is CCCNC1CCC(N(C)C2CCN(C)CC2)CC1. The Morgan fingerprint density at radius 2 is 1.58 bits per heavy atom. The Morgan fingerprint density at radius 1 is 1.00 bits per heavy atom. The van der Waals surface area contributed by atoms with Gasteiger partial charge in [-0.2, -0.15) is 0 Å². The highest BCUT2D eigenvalue weighted by Crippen LogP contribution is 2.26. The van der Waals surface area contributed by atoms with E-state index in [1.165, 1.54) is 64.6 Å². The second-order valence-corrected chi connectivity index (χ2v) is 6.66. The number of hydrogen-bond acceptors (Lipinski definition) is 3. The summed E-state index contributed by atoms with van der Waals surface area (Å²) < 4.78 is 0. The van der Waals surface area contributed by atoms with Gasteiger partial charge >= 0.3 is 0 Å². The first-order valence-electron chi connectivity index (χ1n) is 8.34. The maximum atomic E-state index is 3.69. The van der Waals surface area contributed by atoms with E-state index in [1.54, 1.807) is 0 Å². The molecule has 0 amide bonds. The standard InChI is InChI=1S/C16H33N3/c1-4-11-17-14-5-7-15(8-6-14)19(3)16-9-12-18(2)13-10-16/h14-17H,4-13H2,1-3H3. The van der Waals surface area contributed by atoms with Crippen LogP contribution in [0.25, 0.3) is 0 Å². The van der Waals surface area contributed by atoms with E-state index >= 15 is 0 Å². The molecule has 2 aliphatic rings. The van der Waals surface area contributed by atoms with E-state index in [1.807, 2.05) is 0 Å². The second kappa shape index (κ2) is 7.61. The number of piperidine rings is 1. The first-order chi connectivity index (χ1) is 9.20. The van der Waals surface area contributed by atoms with Crippen LogP contribution in [-0.4, -0.2) is 61.7 Å². The predicted octanol–water partition coefficient (Wildman–Crippen LogP) is 2.32. The molecule has 112 valence electrons. The molecule has 1 N–H and O–H groups in total. The molecule has 1 aliphatic heterocycles. The molecule has 1 saturated carbocycles. The van der Waals surface area contributed by atoms with E-state index in [2.05, 4.69) is 36.1 Å². The molecule has 3 heteroatoms. The van der Waals surface area contributed by atoms with Crippen LogP contribution in [0.2, 0.25) is 0 Å². The molecule has 2 rings (SSSR count). The Kier molecular flexibility index (Phi) is 6.11. The third kappa shape index (κ3) is 4.44. The van der Waals surface area contributed by atoms with Gasteiger partial charge in [0.05, 0.1) is 0 Å². The fourth-order valence-corrected chi connectivity index (χ4v) is 3.74. The zero-order valence-corrected chi connectivity index (χ0v) is 13.2. The third-order valence-electron chi connectivity index (χ3n) is 5.22. The summed E-state index contributed by atoms with van der Waals surface area (Å²) in [7, 11) is 4.63. The quantitative estimate of drug-likeness (QED) is 0.825. The fourth-order valence-electron chi connectivity index (χ4n) is 3.74. The summed E-state index contributed by atoms with van der Waals surface area (Å²) in [6.07, 6.45) is 9.52. The lowest BCUT2D eigenvalue weighted by atomic mass is 9.88. The van der Waals surface area contributed by atoms with Gasteiger partial charge in [-0.3, -0.25) is 0 Å². The first-order valence-corrected chi connectivity index (χ1v) is 8.34. The van der Waals surface area contributed by atoms with E-state index < -0.39 is 0 Å². The topological polar surface area (TPSA) is 18.5 Å². The van der Waals surface area contributed by atoms with Crippen molar-refractivity contribution in [3.05, 3.63) is 0 Å². The molecule has 2 fully saturated rings. The summed E-state index contributed by atoms with van der Waals surface area (Å²) in [4.78, 5) is 5.18. The monoisotopic (exact) mass is 267 g/mol. The number of hydrogen-bond donors (Lipinski definition) is 1. The van der Waals surface area contributed by atoms with Crippen molar-refractivity contribution in [2.75, 3.05) is 33.7 Å². The van der Waals surface area contributed by atoms with Crippen molar-refractivity contribution >= 4 is 0 Å². The van der Waals surface area contributed by atoms with Gasteiger partial charge in [-0.1, -0.05) is 6.92 Å². The Labute approximate surface area is 119 Å². The Bertz CT molecular complexity index is 240. The van der Waals surface area contributed by atoms with Crippen molar-refractivity contribution in [1.29, 1.82) is 0 Å². The van der Waals surface area contributed by atoms with Crippen molar-refractivity contribution in [3.63, 3.8) is 0 Å². The molecule has 0 aromatic rings. The van der Waals surface area contributed by atoms with E-state index in [4.69, 9.17) is 0 Å². The molecular weight excluding hydrogens is 234 g/mol. The van der Waals surface area contributed by atoms with Gasteiger partial charge in [0.2, 0.25) is 0 Å². The van der Waals surface area contributed by atoms with Crippen molar-refractivity contribution in [3.8, 4) is 0 Å². The highest BCUT2D eigenvalue weighted by molar-refractivity contribution is 4.86. The van der Waals surface area contributed by atoms with E-state index in [0.29, 0.717) is 0 Å². The van der Waals surface area contributed by atoms with Gasteiger partial charge in [-0.25, -0.2) is 0 Å². The van der Waals surface area contributed by atoms with Crippen LogP contribution in [0, 0.1) is 0 Å². The van der Waals surface area contributed by atoms with Gasteiger partial charge in [0.15, 0.2) is 0 Å². The largest absolute Gasteiger partial charge is 0.314 e. The number of rotatable bonds is 5. The minimum atomic E-state index is 0.794. The van der Waals surface area contributed by atoms with Crippen LogP contribution in [0.3, 0.4) is 0 Å². The molecule has 1 aliphatic carbocycles. The zero-order valence-electron chi connectivity index (χ0n) is 13.2. The molecule has 1 heterocycles. The van der Waals surface area contributed by atoms with Gasteiger partial charge in [0.25, 0.3) is 0 Å². The smallest absolute Gasteiger partial charge is 0.0119 e. The van der Waals surface area contributed by atoms with Crippen LogP contribution < -0.4 is 5.32 Å². The van der Waals surface area contributed by atoms with E-state index in [9.17, 15) is 0 Å².